The van der Waals surface area contributed by atoms with Crippen LogP contribution in [0.15, 0.2) is 37.2 Å². The monoisotopic (exact) mass is 203 g/mol. The summed E-state index contributed by atoms with van der Waals surface area (Å²) in [5.41, 5.74) is 1.43. The minimum atomic E-state index is 0.613. The summed E-state index contributed by atoms with van der Waals surface area (Å²) in [4.78, 5) is 2.44. The van der Waals surface area contributed by atoms with Crippen molar-refractivity contribution in [1.82, 2.24) is 4.90 Å². The highest BCUT2D eigenvalue weighted by Crippen LogP contribution is 2.29. The van der Waals surface area contributed by atoms with Gasteiger partial charge in [-0.25, -0.2) is 4.57 Å². The highest BCUT2D eigenvalue weighted by atomic mass is 15.1. The normalized spacial score (nSPS) is 21.8. The third-order valence-corrected chi connectivity index (χ3v) is 3.13. The van der Waals surface area contributed by atoms with Gasteiger partial charge in [-0.2, -0.15) is 0 Å². The van der Waals surface area contributed by atoms with Gasteiger partial charge in [0.2, 0.25) is 0 Å². The Morgan fingerprint density at radius 1 is 1.67 bits per heavy atom. The molecule has 1 aromatic rings. The van der Waals surface area contributed by atoms with Gasteiger partial charge in [-0.15, -0.1) is 0 Å². The van der Waals surface area contributed by atoms with Gasteiger partial charge in [-0.05, 0) is 38.6 Å². The lowest BCUT2D eigenvalue weighted by atomic mass is 10.1. The summed E-state index contributed by atoms with van der Waals surface area (Å²) in [7, 11) is 2.21. The molecule has 1 aromatic heterocycles. The van der Waals surface area contributed by atoms with Crippen LogP contribution in [0.25, 0.3) is 0 Å². The van der Waals surface area contributed by atoms with Crippen molar-refractivity contribution < 1.29 is 4.57 Å². The maximum atomic E-state index is 3.77. The molecule has 1 atom stereocenters. The van der Waals surface area contributed by atoms with E-state index < -0.39 is 0 Å². The number of aromatic nitrogens is 1. The van der Waals surface area contributed by atoms with Crippen molar-refractivity contribution in [2.75, 3.05) is 13.6 Å². The average Bonchev–Trinajstić information content (AvgIpc) is 2.65. The molecule has 0 bridgehead atoms. The summed E-state index contributed by atoms with van der Waals surface area (Å²) in [5, 5.41) is 0. The Morgan fingerprint density at radius 2 is 2.53 bits per heavy atom. The average molecular weight is 203 g/mol. The Morgan fingerprint density at radius 3 is 3.20 bits per heavy atom. The predicted molar refractivity (Wildman–Crippen MR) is 61.4 cm³/mol. The molecule has 0 aliphatic carbocycles. The molecule has 1 saturated heterocycles. The third-order valence-electron chi connectivity index (χ3n) is 3.13. The molecule has 80 valence electrons. The maximum absolute atomic E-state index is 3.77. The lowest BCUT2D eigenvalue weighted by Gasteiger charge is -2.18. The Hall–Kier alpha value is -1.15. The van der Waals surface area contributed by atoms with Crippen LogP contribution < -0.4 is 4.57 Å². The Kier molecular flexibility index (Phi) is 3.17. The molecule has 0 amide bonds. The van der Waals surface area contributed by atoms with Crippen LogP contribution >= 0.6 is 0 Å². The second-order valence-corrected chi connectivity index (χ2v) is 4.26. The first kappa shape index (κ1) is 10.4. The van der Waals surface area contributed by atoms with Gasteiger partial charge >= 0.3 is 0 Å². The SMILES string of the molecule is C=CC[n+]1cccc([C@@H]2CCCN2C)c1. The molecule has 0 saturated carbocycles. The predicted octanol–water partition coefficient (Wildman–Crippen LogP) is 1.93. The van der Waals surface area contributed by atoms with Crippen LogP contribution in [0.5, 0.6) is 0 Å². The second kappa shape index (κ2) is 4.58. The molecule has 15 heavy (non-hydrogen) atoms. The van der Waals surface area contributed by atoms with E-state index in [1.54, 1.807) is 0 Å². The zero-order valence-electron chi connectivity index (χ0n) is 9.39. The highest BCUT2D eigenvalue weighted by molar-refractivity contribution is 5.12. The number of hydrogen-bond donors (Lipinski definition) is 0. The topological polar surface area (TPSA) is 7.12 Å². The molecule has 0 spiro atoms. The molecular formula is C13H19N2+. The second-order valence-electron chi connectivity index (χ2n) is 4.26. The van der Waals surface area contributed by atoms with E-state index in [9.17, 15) is 0 Å². The van der Waals surface area contributed by atoms with Crippen LogP contribution in [0, 0.1) is 0 Å². The van der Waals surface area contributed by atoms with E-state index in [1.165, 1.54) is 24.9 Å². The maximum Gasteiger partial charge on any atom is 0.173 e. The summed E-state index contributed by atoms with van der Waals surface area (Å²) >= 11 is 0. The third kappa shape index (κ3) is 2.26. The first-order valence-corrected chi connectivity index (χ1v) is 5.61. The summed E-state index contributed by atoms with van der Waals surface area (Å²) in [6.07, 6.45) is 8.88. The van der Waals surface area contributed by atoms with Crippen molar-refractivity contribution in [3.8, 4) is 0 Å². The van der Waals surface area contributed by atoms with Crippen LogP contribution in [0.4, 0.5) is 0 Å². The van der Waals surface area contributed by atoms with Crippen LogP contribution in [0.1, 0.15) is 24.4 Å². The van der Waals surface area contributed by atoms with E-state index in [-0.39, 0.29) is 0 Å². The standard InChI is InChI=1S/C13H19N2/c1-3-8-15-10-4-6-12(11-15)13-7-5-9-14(13)2/h3-4,6,10-11,13H,1,5,7-9H2,2H3/q+1/t13-/m0/s1. The summed E-state index contributed by atoms with van der Waals surface area (Å²) < 4.78 is 2.19. The van der Waals surface area contributed by atoms with E-state index in [4.69, 9.17) is 0 Å². The van der Waals surface area contributed by atoms with Gasteiger partial charge in [0.1, 0.15) is 0 Å². The molecule has 1 aliphatic rings. The van der Waals surface area contributed by atoms with Crippen molar-refractivity contribution >= 4 is 0 Å². The fourth-order valence-corrected chi connectivity index (χ4v) is 2.33. The Labute approximate surface area is 91.8 Å². The lowest BCUT2D eigenvalue weighted by Crippen LogP contribution is -2.33. The van der Waals surface area contributed by atoms with E-state index >= 15 is 0 Å². The summed E-state index contributed by atoms with van der Waals surface area (Å²) in [6.45, 7) is 5.88. The number of rotatable bonds is 3. The zero-order chi connectivity index (χ0) is 10.7. The van der Waals surface area contributed by atoms with Gasteiger partial charge < -0.3 is 0 Å². The van der Waals surface area contributed by atoms with Gasteiger partial charge in [0, 0.05) is 17.7 Å². The van der Waals surface area contributed by atoms with Crippen molar-refractivity contribution in [1.29, 1.82) is 0 Å². The first-order valence-electron chi connectivity index (χ1n) is 5.61. The zero-order valence-corrected chi connectivity index (χ0v) is 9.39. The quantitative estimate of drug-likeness (QED) is 0.538. The molecule has 0 radical (unpaired) electrons. The van der Waals surface area contributed by atoms with Crippen LogP contribution in [0.3, 0.4) is 0 Å². The molecule has 0 aromatic carbocycles. The van der Waals surface area contributed by atoms with Crippen molar-refractivity contribution in [3.63, 3.8) is 0 Å². The van der Waals surface area contributed by atoms with Gasteiger partial charge in [0.05, 0.1) is 0 Å². The van der Waals surface area contributed by atoms with Gasteiger partial charge in [0.15, 0.2) is 18.9 Å². The molecule has 0 unspecified atom stereocenters. The molecule has 2 rings (SSSR count). The van der Waals surface area contributed by atoms with Crippen LogP contribution in [-0.4, -0.2) is 18.5 Å². The van der Waals surface area contributed by atoms with Crippen molar-refractivity contribution in [3.05, 3.63) is 42.7 Å². The van der Waals surface area contributed by atoms with E-state index in [1.807, 2.05) is 6.08 Å². The van der Waals surface area contributed by atoms with E-state index in [0.717, 1.165) is 6.54 Å². The van der Waals surface area contributed by atoms with Crippen LogP contribution in [-0.2, 0) is 6.54 Å². The fraction of sp³-hybridized carbons (Fsp3) is 0.462. The van der Waals surface area contributed by atoms with Crippen molar-refractivity contribution in [2.45, 2.75) is 25.4 Å². The molecule has 2 heterocycles. The highest BCUT2D eigenvalue weighted by Gasteiger charge is 2.23. The number of nitrogens with zero attached hydrogens (tertiary/aromatic N) is 2. The smallest absolute Gasteiger partial charge is 0.173 e. The lowest BCUT2D eigenvalue weighted by molar-refractivity contribution is -0.687. The van der Waals surface area contributed by atoms with Gasteiger partial charge in [-0.1, -0.05) is 6.58 Å². The molecule has 2 heteroatoms. The van der Waals surface area contributed by atoms with Gasteiger partial charge in [-0.3, -0.25) is 4.90 Å². The summed E-state index contributed by atoms with van der Waals surface area (Å²) in [6, 6.07) is 4.97. The number of pyridine rings is 1. The van der Waals surface area contributed by atoms with E-state index in [2.05, 4.69) is 47.6 Å². The van der Waals surface area contributed by atoms with Crippen LogP contribution in [0.2, 0.25) is 0 Å². The molecule has 1 aliphatic heterocycles. The molecule has 1 fully saturated rings. The number of allylic oxidation sites excluding steroid dienone is 1. The molecular weight excluding hydrogens is 184 g/mol. The summed E-state index contributed by atoms with van der Waals surface area (Å²) in [5.74, 6) is 0. The molecule has 0 N–H and O–H groups in total. The molecule has 2 nitrogen and oxygen atoms in total. The largest absolute Gasteiger partial charge is 0.299 e. The number of likely N-dealkylation sites (tertiary alicyclic amines) is 1. The Balaban J connectivity index is 2.20. The van der Waals surface area contributed by atoms with E-state index in [0.29, 0.717) is 6.04 Å². The van der Waals surface area contributed by atoms with Crippen molar-refractivity contribution in [2.24, 2.45) is 0 Å². The number of hydrogen-bond acceptors (Lipinski definition) is 1. The first-order chi connectivity index (χ1) is 7.31. The Bertz CT molecular complexity index is 346. The minimum Gasteiger partial charge on any atom is -0.299 e. The minimum absolute atomic E-state index is 0.613. The fourth-order valence-electron chi connectivity index (χ4n) is 2.33. The van der Waals surface area contributed by atoms with Gasteiger partial charge in [0.25, 0.3) is 0 Å².